The van der Waals surface area contributed by atoms with Crippen molar-refractivity contribution in [3.63, 3.8) is 0 Å². The molecule has 1 aliphatic rings. The number of hydrogen-bond donors (Lipinski definition) is 1. The number of carbonyl (C=O) groups excluding carboxylic acids is 2. The van der Waals surface area contributed by atoms with Gasteiger partial charge in [0.1, 0.15) is 17.4 Å². The van der Waals surface area contributed by atoms with Crippen LogP contribution in [-0.2, 0) is 13.1 Å². The standard InChI is InChI=1S/C21H19F2N3O4/c22-15-6-14(7-16(23)8-15)21(28)26(11-17-2-1-5-29-17)12-18-9-19(25-30-18)20(27)24-10-13-3-4-13/h1-2,5-9,13H,3-4,10-12H2,(H,24,27). The Hall–Kier alpha value is -3.49. The molecule has 0 atom stereocenters. The molecular formula is C21H19F2N3O4. The summed E-state index contributed by atoms with van der Waals surface area (Å²) in [5.41, 5.74) is -0.0474. The normalized spacial score (nSPS) is 13.3. The number of halogens is 2. The molecule has 3 aromatic rings. The Kier molecular flexibility index (Phi) is 5.60. The molecule has 1 fully saturated rings. The monoisotopic (exact) mass is 415 g/mol. The van der Waals surface area contributed by atoms with Gasteiger partial charge < -0.3 is 19.2 Å². The predicted octanol–water partition coefficient (Wildman–Crippen LogP) is 3.53. The second kappa shape index (κ2) is 8.48. The zero-order valence-corrected chi connectivity index (χ0v) is 15.9. The highest BCUT2D eigenvalue weighted by Crippen LogP contribution is 2.27. The quantitative estimate of drug-likeness (QED) is 0.608. The molecule has 2 amide bonds. The molecule has 1 saturated carbocycles. The van der Waals surface area contributed by atoms with Crippen molar-refractivity contribution in [1.82, 2.24) is 15.4 Å². The average molecular weight is 415 g/mol. The summed E-state index contributed by atoms with van der Waals surface area (Å²) in [7, 11) is 0. The molecule has 0 radical (unpaired) electrons. The molecule has 7 nitrogen and oxygen atoms in total. The maximum atomic E-state index is 13.6. The van der Waals surface area contributed by atoms with Crippen LogP contribution in [0.25, 0.3) is 0 Å². The van der Waals surface area contributed by atoms with Crippen molar-refractivity contribution < 1.29 is 27.3 Å². The average Bonchev–Trinajstić information content (AvgIpc) is 3.18. The Morgan fingerprint density at radius 2 is 1.83 bits per heavy atom. The van der Waals surface area contributed by atoms with Crippen LogP contribution < -0.4 is 5.32 Å². The summed E-state index contributed by atoms with van der Waals surface area (Å²) in [4.78, 5) is 26.4. The van der Waals surface area contributed by atoms with Gasteiger partial charge in [0.25, 0.3) is 11.8 Å². The van der Waals surface area contributed by atoms with Gasteiger partial charge in [0.15, 0.2) is 11.5 Å². The number of rotatable bonds is 8. The Morgan fingerprint density at radius 3 is 2.50 bits per heavy atom. The summed E-state index contributed by atoms with van der Waals surface area (Å²) < 4.78 is 37.7. The van der Waals surface area contributed by atoms with E-state index < -0.39 is 17.5 Å². The van der Waals surface area contributed by atoms with Crippen molar-refractivity contribution in [3.05, 3.63) is 77.1 Å². The maximum Gasteiger partial charge on any atom is 0.273 e. The number of nitrogens with one attached hydrogen (secondary N) is 1. The van der Waals surface area contributed by atoms with Gasteiger partial charge in [-0.3, -0.25) is 9.59 Å². The van der Waals surface area contributed by atoms with Gasteiger partial charge in [0.2, 0.25) is 0 Å². The zero-order chi connectivity index (χ0) is 21.1. The lowest BCUT2D eigenvalue weighted by Gasteiger charge is -2.20. The van der Waals surface area contributed by atoms with Gasteiger partial charge in [-0.1, -0.05) is 5.16 Å². The van der Waals surface area contributed by atoms with Crippen molar-refractivity contribution in [1.29, 1.82) is 0 Å². The number of nitrogens with zero attached hydrogens (tertiary/aromatic N) is 2. The van der Waals surface area contributed by atoms with E-state index >= 15 is 0 Å². The summed E-state index contributed by atoms with van der Waals surface area (Å²) in [5, 5.41) is 6.54. The Morgan fingerprint density at radius 1 is 1.10 bits per heavy atom. The minimum absolute atomic E-state index is 0.0356. The molecule has 1 N–H and O–H groups in total. The van der Waals surface area contributed by atoms with Crippen LogP contribution >= 0.6 is 0 Å². The zero-order valence-electron chi connectivity index (χ0n) is 15.9. The van der Waals surface area contributed by atoms with E-state index in [9.17, 15) is 18.4 Å². The van der Waals surface area contributed by atoms with E-state index in [0.29, 0.717) is 24.3 Å². The fourth-order valence-corrected chi connectivity index (χ4v) is 2.98. The second-order valence-electron chi connectivity index (χ2n) is 7.23. The van der Waals surface area contributed by atoms with Crippen molar-refractivity contribution >= 4 is 11.8 Å². The van der Waals surface area contributed by atoms with E-state index in [4.69, 9.17) is 8.94 Å². The molecule has 1 aliphatic carbocycles. The topological polar surface area (TPSA) is 88.6 Å². The molecule has 4 rings (SSSR count). The maximum absolute atomic E-state index is 13.6. The lowest BCUT2D eigenvalue weighted by Crippen LogP contribution is -2.30. The Balaban J connectivity index is 1.51. The first-order valence-corrected chi connectivity index (χ1v) is 9.49. The molecule has 0 aliphatic heterocycles. The molecular weight excluding hydrogens is 396 g/mol. The fraction of sp³-hybridized carbons (Fsp3) is 0.286. The van der Waals surface area contributed by atoms with Crippen LogP contribution in [0.5, 0.6) is 0 Å². The van der Waals surface area contributed by atoms with Gasteiger partial charge >= 0.3 is 0 Å². The smallest absolute Gasteiger partial charge is 0.273 e. The largest absolute Gasteiger partial charge is 0.467 e. The number of amides is 2. The van der Waals surface area contributed by atoms with Gasteiger partial charge in [0.05, 0.1) is 19.4 Å². The number of hydrogen-bond acceptors (Lipinski definition) is 5. The lowest BCUT2D eigenvalue weighted by molar-refractivity contribution is 0.0699. The van der Waals surface area contributed by atoms with Gasteiger partial charge in [-0.15, -0.1) is 0 Å². The Bertz CT molecular complexity index is 1020. The van der Waals surface area contributed by atoms with Crippen molar-refractivity contribution in [2.24, 2.45) is 5.92 Å². The minimum atomic E-state index is -0.856. The molecule has 2 heterocycles. The third kappa shape index (κ3) is 4.91. The fourth-order valence-electron chi connectivity index (χ4n) is 2.98. The third-order valence-corrected chi connectivity index (χ3v) is 4.71. The third-order valence-electron chi connectivity index (χ3n) is 4.71. The predicted molar refractivity (Wildman–Crippen MR) is 100 cm³/mol. The van der Waals surface area contributed by atoms with Gasteiger partial charge in [-0.2, -0.15) is 0 Å². The van der Waals surface area contributed by atoms with E-state index in [1.165, 1.54) is 17.2 Å². The van der Waals surface area contributed by atoms with E-state index in [1.807, 2.05) is 0 Å². The first kappa shape index (κ1) is 19.8. The first-order valence-electron chi connectivity index (χ1n) is 9.49. The van der Waals surface area contributed by atoms with Gasteiger partial charge in [0, 0.05) is 24.2 Å². The summed E-state index contributed by atoms with van der Waals surface area (Å²) >= 11 is 0. The highest BCUT2D eigenvalue weighted by atomic mass is 19.1. The van der Waals surface area contributed by atoms with Crippen LogP contribution in [0.1, 0.15) is 45.2 Å². The molecule has 1 aromatic carbocycles. The van der Waals surface area contributed by atoms with Crippen molar-refractivity contribution in [2.75, 3.05) is 6.54 Å². The molecule has 0 bridgehead atoms. The molecule has 9 heteroatoms. The number of furan rings is 1. The number of carbonyl (C=O) groups is 2. The summed E-state index contributed by atoms with van der Waals surface area (Å²) in [6.07, 6.45) is 3.67. The molecule has 0 saturated heterocycles. The summed E-state index contributed by atoms with van der Waals surface area (Å²) in [6, 6.07) is 7.38. The van der Waals surface area contributed by atoms with Crippen LogP contribution in [0.4, 0.5) is 8.78 Å². The van der Waals surface area contributed by atoms with Gasteiger partial charge in [-0.05, 0) is 43.0 Å². The van der Waals surface area contributed by atoms with E-state index in [1.54, 1.807) is 12.1 Å². The molecule has 30 heavy (non-hydrogen) atoms. The summed E-state index contributed by atoms with van der Waals surface area (Å²) in [5.74, 6) is -1.44. The molecule has 0 spiro atoms. The van der Waals surface area contributed by atoms with E-state index in [0.717, 1.165) is 25.0 Å². The number of aromatic nitrogens is 1. The molecule has 0 unspecified atom stereocenters. The van der Waals surface area contributed by atoms with Crippen LogP contribution in [0, 0.1) is 17.6 Å². The molecule has 2 aromatic heterocycles. The van der Waals surface area contributed by atoms with Crippen molar-refractivity contribution in [2.45, 2.75) is 25.9 Å². The van der Waals surface area contributed by atoms with E-state index in [2.05, 4.69) is 10.5 Å². The SMILES string of the molecule is O=C(NCC1CC1)c1cc(CN(Cc2ccco2)C(=O)c2cc(F)cc(F)c2)on1. The van der Waals surface area contributed by atoms with Gasteiger partial charge in [-0.25, -0.2) is 8.78 Å². The Labute approximate surface area is 170 Å². The van der Waals surface area contributed by atoms with E-state index in [-0.39, 0.29) is 36.0 Å². The second-order valence-corrected chi connectivity index (χ2v) is 7.23. The lowest BCUT2D eigenvalue weighted by atomic mass is 10.1. The first-order chi connectivity index (χ1) is 14.5. The molecule has 156 valence electrons. The van der Waals surface area contributed by atoms with Crippen LogP contribution in [0.15, 0.2) is 51.6 Å². The highest BCUT2D eigenvalue weighted by molar-refractivity contribution is 5.94. The van der Waals surface area contributed by atoms with Crippen LogP contribution in [0.2, 0.25) is 0 Å². The van der Waals surface area contributed by atoms with Crippen molar-refractivity contribution in [3.8, 4) is 0 Å². The van der Waals surface area contributed by atoms with Crippen LogP contribution in [-0.4, -0.2) is 28.4 Å². The summed E-state index contributed by atoms with van der Waals surface area (Å²) in [6.45, 7) is 0.559. The highest BCUT2D eigenvalue weighted by Gasteiger charge is 2.24. The van der Waals surface area contributed by atoms with Crippen LogP contribution in [0.3, 0.4) is 0 Å². The minimum Gasteiger partial charge on any atom is -0.467 e. The number of benzene rings is 1.